The summed E-state index contributed by atoms with van der Waals surface area (Å²) in [6.45, 7) is 1.32. The van der Waals surface area contributed by atoms with E-state index in [1.54, 1.807) is 23.0 Å². The molecule has 2 N–H and O–H groups in total. The van der Waals surface area contributed by atoms with Gasteiger partial charge in [0.15, 0.2) is 0 Å². The summed E-state index contributed by atoms with van der Waals surface area (Å²) in [5, 5.41) is 21.0. The summed E-state index contributed by atoms with van der Waals surface area (Å²) in [7, 11) is 0. The van der Waals surface area contributed by atoms with Crippen molar-refractivity contribution in [1.29, 1.82) is 0 Å². The molecule has 0 aliphatic heterocycles. The summed E-state index contributed by atoms with van der Waals surface area (Å²) in [6, 6.07) is 7.21. The molecule has 1 saturated carbocycles. The lowest BCUT2D eigenvalue weighted by Gasteiger charge is -2.16. The van der Waals surface area contributed by atoms with E-state index in [0.717, 1.165) is 25.1 Å². The average molecular weight is 369 g/mol. The highest BCUT2D eigenvalue weighted by Crippen LogP contribution is 2.46. The van der Waals surface area contributed by atoms with E-state index in [1.807, 2.05) is 24.7 Å². The third-order valence-electron chi connectivity index (χ3n) is 4.40. The number of hydrogen-bond acceptors (Lipinski definition) is 6. The second kappa shape index (κ2) is 8.21. The Morgan fingerprint density at radius 3 is 2.56 bits per heavy atom. The quantitative estimate of drug-likeness (QED) is 0.614. The van der Waals surface area contributed by atoms with Gasteiger partial charge in [-0.25, -0.2) is 9.67 Å². The van der Waals surface area contributed by atoms with Gasteiger partial charge in [-0.3, -0.25) is 9.59 Å². The van der Waals surface area contributed by atoms with Crippen LogP contribution >= 0.6 is 0 Å². The van der Waals surface area contributed by atoms with Crippen molar-refractivity contribution in [3.8, 4) is 5.69 Å². The van der Waals surface area contributed by atoms with Gasteiger partial charge in [0.1, 0.15) is 6.33 Å². The normalized spacial score (nSPS) is 13.9. The Morgan fingerprint density at radius 2 is 2.00 bits per heavy atom. The summed E-state index contributed by atoms with van der Waals surface area (Å²) < 4.78 is 3.62. The molecule has 1 aromatic carbocycles. The molecule has 1 aliphatic rings. The summed E-state index contributed by atoms with van der Waals surface area (Å²) in [6.07, 6.45) is 9.33. The highest BCUT2D eigenvalue weighted by atomic mass is 16.3. The molecular weight excluding hydrogens is 350 g/mol. The molecule has 0 bridgehead atoms. The minimum absolute atomic E-state index is 0.0600. The zero-order valence-electron chi connectivity index (χ0n) is 14.5. The number of carbonyl (C=O) groups is 2. The van der Waals surface area contributed by atoms with Crippen LogP contribution in [0.1, 0.15) is 23.2 Å². The van der Waals surface area contributed by atoms with Crippen molar-refractivity contribution < 1.29 is 14.7 Å². The number of carboxylic acid groups (broad SMARTS) is 1. The van der Waals surface area contributed by atoms with Gasteiger partial charge < -0.3 is 15.0 Å². The number of amides is 1. The first-order chi connectivity index (χ1) is 13.2. The topological polar surface area (TPSA) is 128 Å². The van der Waals surface area contributed by atoms with Crippen molar-refractivity contribution in [2.24, 2.45) is 5.41 Å². The Bertz CT molecular complexity index is 857. The summed E-state index contributed by atoms with van der Waals surface area (Å²) in [5.41, 5.74) is 1.61. The molecule has 0 atom stereocenters. The summed E-state index contributed by atoms with van der Waals surface area (Å²) in [4.78, 5) is 24.8. The zero-order chi connectivity index (χ0) is 19.1. The molecule has 0 radical (unpaired) electrons. The van der Waals surface area contributed by atoms with Crippen LogP contribution in [0.2, 0.25) is 0 Å². The van der Waals surface area contributed by atoms with Crippen molar-refractivity contribution in [3.05, 3.63) is 54.9 Å². The van der Waals surface area contributed by atoms with Gasteiger partial charge in [-0.1, -0.05) is 0 Å². The number of hydrogen-bond donors (Lipinski definition) is 2. The lowest BCUT2D eigenvalue weighted by atomic mass is 10.1. The molecule has 1 aliphatic carbocycles. The van der Waals surface area contributed by atoms with E-state index >= 15 is 0 Å². The van der Waals surface area contributed by atoms with Crippen LogP contribution in [0.5, 0.6) is 0 Å². The van der Waals surface area contributed by atoms with Gasteiger partial charge in [0.25, 0.3) is 12.4 Å². The first kappa shape index (κ1) is 18.2. The zero-order valence-corrected chi connectivity index (χ0v) is 14.5. The Labute approximate surface area is 154 Å². The third-order valence-corrected chi connectivity index (χ3v) is 4.40. The van der Waals surface area contributed by atoms with E-state index < -0.39 is 0 Å². The second-order valence-electron chi connectivity index (χ2n) is 6.32. The average Bonchev–Trinajstić information content (AvgIpc) is 3.08. The molecule has 10 nitrogen and oxygen atoms in total. The molecule has 1 amide bonds. The van der Waals surface area contributed by atoms with Crippen molar-refractivity contribution in [3.63, 3.8) is 0 Å². The summed E-state index contributed by atoms with van der Waals surface area (Å²) >= 11 is 0. The van der Waals surface area contributed by atoms with Crippen LogP contribution in [-0.2, 0) is 11.3 Å². The van der Waals surface area contributed by atoms with E-state index in [-0.39, 0.29) is 17.8 Å². The maximum Gasteiger partial charge on any atom is 0.290 e. The van der Waals surface area contributed by atoms with Crippen molar-refractivity contribution in [2.75, 3.05) is 6.54 Å². The maximum atomic E-state index is 12.3. The lowest BCUT2D eigenvalue weighted by Crippen LogP contribution is -2.32. The molecule has 0 unspecified atom stereocenters. The van der Waals surface area contributed by atoms with Crippen LogP contribution in [0, 0.1) is 5.41 Å². The first-order valence-corrected chi connectivity index (χ1v) is 8.31. The predicted molar refractivity (Wildman–Crippen MR) is 94.1 cm³/mol. The van der Waals surface area contributed by atoms with Crippen LogP contribution < -0.4 is 5.32 Å². The van der Waals surface area contributed by atoms with Crippen LogP contribution in [0.25, 0.3) is 5.69 Å². The molecule has 3 aromatic rings. The van der Waals surface area contributed by atoms with Crippen LogP contribution in [0.4, 0.5) is 0 Å². The number of imidazole rings is 1. The van der Waals surface area contributed by atoms with Gasteiger partial charge in [0.05, 0.1) is 12.0 Å². The number of nitrogens with zero attached hydrogens (tertiary/aromatic N) is 6. The van der Waals surface area contributed by atoms with Gasteiger partial charge in [-0.05, 0) is 47.5 Å². The third kappa shape index (κ3) is 4.75. The Morgan fingerprint density at radius 1 is 1.26 bits per heavy atom. The Kier molecular flexibility index (Phi) is 5.55. The smallest absolute Gasteiger partial charge is 0.290 e. The molecule has 1 fully saturated rings. The molecule has 4 rings (SSSR count). The molecular formula is C17H19N7O3. The van der Waals surface area contributed by atoms with Crippen LogP contribution in [-0.4, -0.2) is 53.8 Å². The van der Waals surface area contributed by atoms with E-state index in [9.17, 15) is 4.79 Å². The van der Waals surface area contributed by atoms with E-state index in [4.69, 9.17) is 9.90 Å². The first-order valence-electron chi connectivity index (χ1n) is 8.31. The highest BCUT2D eigenvalue weighted by molar-refractivity contribution is 5.94. The Hall–Kier alpha value is -3.56. The summed E-state index contributed by atoms with van der Waals surface area (Å²) in [5.74, 6) is -0.0600. The van der Waals surface area contributed by atoms with Gasteiger partial charge in [0, 0.05) is 36.5 Å². The van der Waals surface area contributed by atoms with Crippen LogP contribution in [0.3, 0.4) is 0 Å². The fourth-order valence-corrected chi connectivity index (χ4v) is 2.75. The standard InChI is InChI=1S/C16H17N7O.CH2O2/c24-15(13-1-3-14(4-2-13)23-12-19-20-21-23)18-9-16(5-6-16)10-22-8-7-17-11-22;2-1-3/h1-4,7-8,11-12H,5-6,9-10H2,(H,18,24);1H,(H,2,3). The minimum atomic E-state index is -0.250. The van der Waals surface area contributed by atoms with Gasteiger partial charge in [-0.2, -0.15) is 0 Å². The number of aromatic nitrogens is 6. The van der Waals surface area contributed by atoms with E-state index in [2.05, 4.69) is 30.4 Å². The van der Waals surface area contributed by atoms with E-state index in [0.29, 0.717) is 12.1 Å². The lowest BCUT2D eigenvalue weighted by molar-refractivity contribution is -0.122. The molecule has 27 heavy (non-hydrogen) atoms. The monoisotopic (exact) mass is 369 g/mol. The number of tetrazole rings is 1. The number of benzene rings is 1. The molecule has 0 spiro atoms. The molecule has 2 aromatic heterocycles. The van der Waals surface area contributed by atoms with Gasteiger partial charge >= 0.3 is 0 Å². The fourth-order valence-electron chi connectivity index (χ4n) is 2.75. The number of nitrogens with one attached hydrogen (secondary N) is 1. The fraction of sp³-hybridized carbons (Fsp3) is 0.294. The highest BCUT2D eigenvalue weighted by Gasteiger charge is 2.43. The van der Waals surface area contributed by atoms with Crippen molar-refractivity contribution >= 4 is 12.4 Å². The number of rotatable bonds is 6. The predicted octanol–water partition coefficient (Wildman–Crippen LogP) is 0.770. The molecule has 2 heterocycles. The van der Waals surface area contributed by atoms with Gasteiger partial charge in [-0.15, -0.1) is 5.10 Å². The second-order valence-corrected chi connectivity index (χ2v) is 6.32. The Balaban J connectivity index is 0.000000659. The molecule has 140 valence electrons. The number of carbonyl (C=O) groups excluding carboxylic acids is 1. The van der Waals surface area contributed by atoms with E-state index in [1.165, 1.54) is 6.33 Å². The van der Waals surface area contributed by atoms with Crippen LogP contribution in [0.15, 0.2) is 49.3 Å². The minimum Gasteiger partial charge on any atom is -0.483 e. The molecule has 0 saturated heterocycles. The SMILES string of the molecule is O=C(NCC1(Cn2ccnc2)CC1)c1ccc(-n2cnnn2)cc1.O=CO. The maximum absolute atomic E-state index is 12.3. The largest absolute Gasteiger partial charge is 0.483 e. The van der Waals surface area contributed by atoms with Crippen molar-refractivity contribution in [1.82, 2.24) is 35.1 Å². The van der Waals surface area contributed by atoms with Gasteiger partial charge in [0.2, 0.25) is 0 Å². The molecule has 10 heteroatoms. The van der Waals surface area contributed by atoms with Crippen molar-refractivity contribution in [2.45, 2.75) is 19.4 Å².